The Morgan fingerprint density at radius 1 is 1.03 bits per heavy atom. The van der Waals surface area contributed by atoms with E-state index in [-0.39, 0.29) is 29.5 Å². The van der Waals surface area contributed by atoms with Crippen molar-refractivity contribution in [2.24, 2.45) is 0 Å². The number of nitrogens with one attached hydrogen (secondary N) is 2. The summed E-state index contributed by atoms with van der Waals surface area (Å²) in [6.45, 7) is 0.693. The number of nitrogens with zero attached hydrogens (tertiary/aromatic N) is 1. The number of carbonyl (C=O) groups is 3. The molecule has 0 aromatic heterocycles. The van der Waals surface area contributed by atoms with E-state index in [0.717, 1.165) is 22.9 Å². The van der Waals surface area contributed by atoms with Crippen LogP contribution in [0.2, 0.25) is 0 Å². The fraction of sp³-hybridized carbons (Fsp3) is 0.286. The Morgan fingerprint density at radius 3 is 2.37 bits per heavy atom. The molecule has 8 nitrogen and oxygen atoms in total. The van der Waals surface area contributed by atoms with Gasteiger partial charge in [-0.15, -0.1) is 0 Å². The molecule has 1 aliphatic heterocycles. The number of ether oxygens (including phenoxy) is 2. The van der Waals surface area contributed by atoms with E-state index < -0.39 is 0 Å². The van der Waals surface area contributed by atoms with Gasteiger partial charge in [0.25, 0.3) is 5.24 Å². The zero-order valence-electron chi connectivity index (χ0n) is 16.8. The van der Waals surface area contributed by atoms with Gasteiger partial charge in [0.15, 0.2) is 11.5 Å². The predicted octanol–water partition coefficient (Wildman–Crippen LogP) is 3.26. The Labute approximate surface area is 178 Å². The van der Waals surface area contributed by atoms with Crippen molar-refractivity contribution in [3.05, 3.63) is 53.6 Å². The minimum atomic E-state index is -0.315. The van der Waals surface area contributed by atoms with Crippen LogP contribution in [0.15, 0.2) is 42.5 Å². The fourth-order valence-corrected chi connectivity index (χ4v) is 3.67. The molecule has 2 aromatic carbocycles. The number of urea groups is 1. The van der Waals surface area contributed by atoms with Crippen molar-refractivity contribution < 1.29 is 23.9 Å². The van der Waals surface area contributed by atoms with Crippen molar-refractivity contribution >= 4 is 34.6 Å². The zero-order valence-corrected chi connectivity index (χ0v) is 17.6. The van der Waals surface area contributed by atoms with Crippen LogP contribution in [-0.2, 0) is 17.8 Å². The van der Waals surface area contributed by atoms with E-state index in [4.69, 9.17) is 9.47 Å². The summed E-state index contributed by atoms with van der Waals surface area (Å²) in [5.41, 5.74) is 2.45. The summed E-state index contributed by atoms with van der Waals surface area (Å²) in [5, 5.41) is 5.34. The lowest BCUT2D eigenvalue weighted by molar-refractivity contribution is -0.125. The highest BCUT2D eigenvalue weighted by atomic mass is 32.2. The van der Waals surface area contributed by atoms with E-state index in [9.17, 15) is 14.4 Å². The maximum Gasteiger partial charge on any atom is 0.319 e. The van der Waals surface area contributed by atoms with Gasteiger partial charge in [0.2, 0.25) is 5.91 Å². The van der Waals surface area contributed by atoms with Crippen molar-refractivity contribution in [3.63, 3.8) is 0 Å². The lowest BCUT2D eigenvalue weighted by Crippen LogP contribution is -2.30. The molecule has 2 N–H and O–H groups in total. The van der Waals surface area contributed by atoms with Crippen LogP contribution < -0.4 is 20.1 Å². The molecule has 1 heterocycles. The van der Waals surface area contributed by atoms with Gasteiger partial charge in [0.1, 0.15) is 0 Å². The molecule has 0 atom stereocenters. The van der Waals surface area contributed by atoms with E-state index >= 15 is 0 Å². The molecule has 1 saturated heterocycles. The van der Waals surface area contributed by atoms with Crippen molar-refractivity contribution in [2.45, 2.75) is 13.0 Å². The minimum absolute atomic E-state index is 0.180. The number of carbonyl (C=O) groups excluding carboxylic acids is 3. The van der Waals surface area contributed by atoms with E-state index in [1.807, 2.05) is 18.2 Å². The summed E-state index contributed by atoms with van der Waals surface area (Å²) in [4.78, 5) is 36.7. The summed E-state index contributed by atoms with van der Waals surface area (Å²) in [6.07, 6.45) is 0.641. The van der Waals surface area contributed by atoms with Crippen LogP contribution in [0, 0.1) is 0 Å². The molecule has 2 aromatic rings. The van der Waals surface area contributed by atoms with Gasteiger partial charge in [0, 0.05) is 12.2 Å². The van der Waals surface area contributed by atoms with Gasteiger partial charge in [-0.25, -0.2) is 4.79 Å². The van der Waals surface area contributed by atoms with Crippen molar-refractivity contribution in [3.8, 4) is 11.5 Å². The summed E-state index contributed by atoms with van der Waals surface area (Å²) in [5.74, 6) is 1.33. The Hall–Kier alpha value is -3.20. The number of hydrogen-bond acceptors (Lipinski definition) is 6. The number of rotatable bonds is 8. The largest absolute Gasteiger partial charge is 0.493 e. The van der Waals surface area contributed by atoms with E-state index in [1.165, 1.54) is 4.90 Å². The summed E-state index contributed by atoms with van der Waals surface area (Å²) in [7, 11) is 3.17. The number of imide groups is 1. The third-order valence-corrected chi connectivity index (χ3v) is 5.40. The molecular weight excluding hydrogens is 406 g/mol. The molecule has 30 heavy (non-hydrogen) atoms. The lowest BCUT2D eigenvalue weighted by atomic mass is 10.1. The van der Waals surface area contributed by atoms with Crippen molar-refractivity contribution in [1.29, 1.82) is 0 Å². The molecule has 0 saturated carbocycles. The molecule has 0 bridgehead atoms. The first-order valence-electron chi connectivity index (χ1n) is 9.32. The molecule has 158 valence electrons. The van der Waals surface area contributed by atoms with Gasteiger partial charge in [-0.2, -0.15) is 0 Å². The first-order chi connectivity index (χ1) is 14.5. The van der Waals surface area contributed by atoms with E-state index in [1.54, 1.807) is 38.5 Å². The number of hydrogen-bond donors (Lipinski definition) is 2. The second kappa shape index (κ2) is 10.0. The molecule has 1 aliphatic rings. The predicted molar refractivity (Wildman–Crippen MR) is 115 cm³/mol. The molecule has 0 unspecified atom stereocenters. The lowest BCUT2D eigenvalue weighted by Gasteiger charge is -2.13. The zero-order chi connectivity index (χ0) is 21.5. The SMILES string of the molecule is COc1ccc(CCNC(=O)Nc2ccc(CN3C(=O)CSC3=O)cc2)cc1OC. The van der Waals surface area contributed by atoms with Crippen molar-refractivity contribution in [1.82, 2.24) is 10.2 Å². The summed E-state index contributed by atoms with van der Waals surface area (Å²) < 4.78 is 10.5. The molecule has 4 amide bonds. The number of amides is 4. The minimum Gasteiger partial charge on any atom is -0.493 e. The second-order valence-electron chi connectivity index (χ2n) is 6.55. The molecule has 1 fully saturated rings. The number of thioether (sulfide) groups is 1. The van der Waals surface area contributed by atoms with Gasteiger partial charge < -0.3 is 20.1 Å². The maximum atomic E-state index is 12.1. The maximum absolute atomic E-state index is 12.1. The van der Waals surface area contributed by atoms with Crippen LogP contribution in [0.5, 0.6) is 11.5 Å². The molecule has 0 aliphatic carbocycles. The third kappa shape index (κ3) is 5.44. The van der Waals surface area contributed by atoms with Crippen molar-refractivity contribution in [2.75, 3.05) is 31.8 Å². The number of benzene rings is 2. The van der Waals surface area contributed by atoms with Gasteiger partial charge in [-0.3, -0.25) is 14.5 Å². The molecule has 9 heteroatoms. The molecule has 3 rings (SSSR count). The highest BCUT2D eigenvalue weighted by Gasteiger charge is 2.29. The monoisotopic (exact) mass is 429 g/mol. The Kier molecular flexibility index (Phi) is 7.18. The normalized spacial score (nSPS) is 13.3. The highest BCUT2D eigenvalue weighted by molar-refractivity contribution is 8.14. The second-order valence-corrected chi connectivity index (χ2v) is 7.48. The average molecular weight is 429 g/mol. The molecule has 0 radical (unpaired) electrons. The standard InChI is InChI=1S/C21H23N3O5S/c1-28-17-8-5-14(11-18(17)29-2)9-10-22-20(26)23-16-6-3-15(4-7-16)12-24-19(25)13-30-21(24)27/h3-8,11H,9-10,12-13H2,1-2H3,(H2,22,23,26). The first-order valence-corrected chi connectivity index (χ1v) is 10.3. The molecular formula is C21H23N3O5S. The van der Waals surface area contributed by atoms with Gasteiger partial charge in [0.05, 0.1) is 26.5 Å². The van der Waals surface area contributed by atoms with Crippen LogP contribution in [0.3, 0.4) is 0 Å². The van der Waals surface area contributed by atoms with Crippen LogP contribution in [-0.4, -0.2) is 48.6 Å². The summed E-state index contributed by atoms with van der Waals surface area (Å²) >= 11 is 1.01. The highest BCUT2D eigenvalue weighted by Crippen LogP contribution is 2.27. The van der Waals surface area contributed by atoms with Gasteiger partial charge in [-0.1, -0.05) is 30.0 Å². The smallest absolute Gasteiger partial charge is 0.319 e. The van der Waals surface area contributed by atoms with Crippen LogP contribution >= 0.6 is 11.8 Å². The third-order valence-electron chi connectivity index (χ3n) is 4.54. The fourth-order valence-electron chi connectivity index (χ4n) is 2.94. The van der Waals surface area contributed by atoms with Crippen LogP contribution in [0.1, 0.15) is 11.1 Å². The first kappa shape index (κ1) is 21.5. The van der Waals surface area contributed by atoms with Crippen LogP contribution in [0.4, 0.5) is 15.3 Å². The summed E-state index contributed by atoms with van der Waals surface area (Å²) in [6, 6.07) is 12.4. The van der Waals surface area contributed by atoms with E-state index in [0.29, 0.717) is 30.2 Å². The Bertz CT molecular complexity index is 917. The van der Waals surface area contributed by atoms with Gasteiger partial charge in [-0.05, 0) is 41.8 Å². The quantitative estimate of drug-likeness (QED) is 0.669. The Balaban J connectivity index is 1.46. The van der Waals surface area contributed by atoms with E-state index in [2.05, 4.69) is 10.6 Å². The average Bonchev–Trinajstić information content (AvgIpc) is 3.07. The van der Waals surface area contributed by atoms with Crippen LogP contribution in [0.25, 0.3) is 0 Å². The topological polar surface area (TPSA) is 97.0 Å². The Morgan fingerprint density at radius 2 is 1.73 bits per heavy atom. The van der Waals surface area contributed by atoms with Gasteiger partial charge >= 0.3 is 6.03 Å². The number of methoxy groups -OCH3 is 2. The number of anilines is 1. The molecule has 0 spiro atoms.